The summed E-state index contributed by atoms with van der Waals surface area (Å²) >= 11 is 0. The zero-order valence-electron chi connectivity index (χ0n) is 12.2. The fourth-order valence-electron chi connectivity index (χ4n) is 2.93. The summed E-state index contributed by atoms with van der Waals surface area (Å²) in [6.07, 6.45) is 7.40. The second-order valence-electron chi connectivity index (χ2n) is 6.12. The molecule has 1 unspecified atom stereocenters. The number of nitrogens with one attached hydrogen (secondary N) is 1. The molecule has 104 valence electrons. The summed E-state index contributed by atoms with van der Waals surface area (Å²) in [7, 11) is 0. The van der Waals surface area contributed by atoms with Crippen LogP contribution in [0.1, 0.15) is 43.9 Å². The predicted octanol–water partition coefficient (Wildman–Crippen LogP) is 2.88. The molecule has 2 heterocycles. The Kier molecular flexibility index (Phi) is 3.74. The first-order valence-electron chi connectivity index (χ1n) is 7.70. The topological polar surface area (TPSA) is 28.2 Å². The number of rotatable bonds is 5. The molecule has 0 bridgehead atoms. The van der Waals surface area contributed by atoms with Crippen molar-refractivity contribution < 1.29 is 0 Å². The van der Waals surface area contributed by atoms with Gasteiger partial charge in [0, 0.05) is 48.8 Å². The molecule has 1 aromatic heterocycles. The number of aromatic nitrogens is 1. The summed E-state index contributed by atoms with van der Waals surface area (Å²) in [4.78, 5) is 7.04. The van der Waals surface area contributed by atoms with Gasteiger partial charge in [-0.3, -0.25) is 4.98 Å². The monoisotopic (exact) mass is 259 g/mol. The highest BCUT2D eigenvalue weighted by atomic mass is 15.2. The van der Waals surface area contributed by atoms with Crippen LogP contribution in [-0.2, 0) is 6.54 Å². The quantitative estimate of drug-likeness (QED) is 0.881. The summed E-state index contributed by atoms with van der Waals surface area (Å²) in [5.74, 6) is 0.873. The van der Waals surface area contributed by atoms with Crippen LogP contribution in [0.4, 0.5) is 5.69 Å². The van der Waals surface area contributed by atoms with Gasteiger partial charge in [-0.1, -0.05) is 13.3 Å². The number of hydrogen-bond donors (Lipinski definition) is 1. The van der Waals surface area contributed by atoms with E-state index in [1.165, 1.54) is 50.0 Å². The van der Waals surface area contributed by atoms with Crippen LogP contribution >= 0.6 is 0 Å². The van der Waals surface area contributed by atoms with Crippen LogP contribution in [0, 0.1) is 12.8 Å². The molecule has 0 spiro atoms. The Hall–Kier alpha value is -1.09. The van der Waals surface area contributed by atoms with Crippen LogP contribution in [0.25, 0.3) is 0 Å². The molecule has 3 rings (SSSR count). The lowest BCUT2D eigenvalue weighted by atomic mass is 10.1. The normalized spacial score (nSPS) is 23.1. The zero-order chi connectivity index (χ0) is 13.2. The summed E-state index contributed by atoms with van der Waals surface area (Å²) in [6.45, 7) is 7.80. The zero-order valence-corrected chi connectivity index (χ0v) is 12.2. The lowest BCUT2D eigenvalue weighted by Gasteiger charge is -2.22. The molecule has 0 aromatic carbocycles. The van der Waals surface area contributed by atoms with Crippen molar-refractivity contribution in [1.29, 1.82) is 0 Å². The minimum absolute atomic E-state index is 0.760. The van der Waals surface area contributed by atoms with E-state index in [1.807, 2.05) is 0 Å². The third-order valence-electron chi connectivity index (χ3n) is 4.46. The smallest absolute Gasteiger partial charge is 0.0445 e. The molecule has 3 nitrogen and oxygen atoms in total. The van der Waals surface area contributed by atoms with Gasteiger partial charge in [0.1, 0.15) is 0 Å². The fourth-order valence-corrected chi connectivity index (χ4v) is 2.93. The van der Waals surface area contributed by atoms with Crippen molar-refractivity contribution in [2.75, 3.05) is 18.0 Å². The number of aryl methyl sites for hydroxylation is 1. The molecule has 0 amide bonds. The Morgan fingerprint density at radius 2 is 2.21 bits per heavy atom. The number of anilines is 1. The van der Waals surface area contributed by atoms with Crippen molar-refractivity contribution in [2.45, 2.75) is 52.1 Å². The second kappa shape index (κ2) is 5.49. The number of pyridine rings is 1. The molecule has 1 atom stereocenters. The van der Waals surface area contributed by atoms with Gasteiger partial charge in [0.25, 0.3) is 0 Å². The molecule has 0 radical (unpaired) electrons. The lowest BCUT2D eigenvalue weighted by molar-refractivity contribution is 0.569. The minimum atomic E-state index is 0.760. The molecule has 1 aliphatic heterocycles. The largest absolute Gasteiger partial charge is 0.371 e. The van der Waals surface area contributed by atoms with Gasteiger partial charge in [-0.05, 0) is 38.2 Å². The molecule has 1 saturated carbocycles. The average Bonchev–Trinajstić information content (AvgIpc) is 3.13. The van der Waals surface area contributed by atoms with Crippen molar-refractivity contribution in [1.82, 2.24) is 10.3 Å². The third kappa shape index (κ3) is 3.08. The van der Waals surface area contributed by atoms with E-state index in [0.29, 0.717) is 0 Å². The maximum absolute atomic E-state index is 4.48. The van der Waals surface area contributed by atoms with Gasteiger partial charge in [0.15, 0.2) is 0 Å². The highest BCUT2D eigenvalue weighted by Crippen LogP contribution is 2.29. The highest BCUT2D eigenvalue weighted by molar-refractivity contribution is 5.54. The Morgan fingerprint density at radius 1 is 1.37 bits per heavy atom. The molecule has 2 aliphatic rings. The highest BCUT2D eigenvalue weighted by Gasteiger charge is 2.24. The molecular formula is C16H25N3. The number of nitrogens with zero attached hydrogens (tertiary/aromatic N) is 2. The van der Waals surface area contributed by atoms with Crippen LogP contribution in [0.15, 0.2) is 12.3 Å². The van der Waals surface area contributed by atoms with E-state index >= 15 is 0 Å². The maximum atomic E-state index is 4.48. The van der Waals surface area contributed by atoms with Crippen LogP contribution in [0.2, 0.25) is 0 Å². The van der Waals surface area contributed by atoms with E-state index in [0.717, 1.165) is 24.2 Å². The molecule has 1 saturated heterocycles. The third-order valence-corrected chi connectivity index (χ3v) is 4.46. The predicted molar refractivity (Wildman–Crippen MR) is 79.4 cm³/mol. The fraction of sp³-hybridized carbons (Fsp3) is 0.688. The van der Waals surface area contributed by atoms with Crippen LogP contribution in [0.5, 0.6) is 0 Å². The maximum Gasteiger partial charge on any atom is 0.0445 e. The van der Waals surface area contributed by atoms with E-state index in [9.17, 15) is 0 Å². The first kappa shape index (κ1) is 12.9. The molecule has 2 fully saturated rings. The van der Waals surface area contributed by atoms with Gasteiger partial charge in [-0.2, -0.15) is 0 Å². The van der Waals surface area contributed by atoms with E-state index in [1.54, 1.807) is 0 Å². The van der Waals surface area contributed by atoms with Gasteiger partial charge in [0.2, 0.25) is 0 Å². The van der Waals surface area contributed by atoms with Crippen molar-refractivity contribution in [3.63, 3.8) is 0 Å². The first-order valence-corrected chi connectivity index (χ1v) is 7.70. The Bertz CT molecular complexity index is 440. The first-order chi connectivity index (χ1) is 9.26. The molecule has 3 heteroatoms. The SMILES string of the molecule is CCC1CCN(c2cc(C)ncc2CNC2CC2)C1. The lowest BCUT2D eigenvalue weighted by Crippen LogP contribution is -2.24. The molecule has 1 aliphatic carbocycles. The van der Waals surface area contributed by atoms with Crippen molar-refractivity contribution in [2.24, 2.45) is 5.92 Å². The van der Waals surface area contributed by atoms with Crippen molar-refractivity contribution >= 4 is 5.69 Å². The Balaban J connectivity index is 1.75. The van der Waals surface area contributed by atoms with E-state index in [-0.39, 0.29) is 0 Å². The molecule has 1 N–H and O–H groups in total. The molecule has 1 aromatic rings. The summed E-state index contributed by atoms with van der Waals surface area (Å²) in [6, 6.07) is 3.03. The van der Waals surface area contributed by atoms with E-state index < -0.39 is 0 Å². The summed E-state index contributed by atoms with van der Waals surface area (Å²) in [5, 5.41) is 3.61. The number of hydrogen-bond acceptors (Lipinski definition) is 3. The molecular weight excluding hydrogens is 234 g/mol. The van der Waals surface area contributed by atoms with Crippen molar-refractivity contribution in [3.05, 3.63) is 23.5 Å². The summed E-state index contributed by atoms with van der Waals surface area (Å²) in [5.41, 5.74) is 3.91. The van der Waals surface area contributed by atoms with Gasteiger partial charge in [-0.15, -0.1) is 0 Å². The van der Waals surface area contributed by atoms with Gasteiger partial charge < -0.3 is 10.2 Å². The van der Waals surface area contributed by atoms with Gasteiger partial charge in [0.05, 0.1) is 0 Å². The van der Waals surface area contributed by atoms with Crippen LogP contribution in [0.3, 0.4) is 0 Å². The van der Waals surface area contributed by atoms with Gasteiger partial charge in [-0.25, -0.2) is 0 Å². The van der Waals surface area contributed by atoms with Gasteiger partial charge >= 0.3 is 0 Å². The minimum Gasteiger partial charge on any atom is -0.371 e. The summed E-state index contributed by atoms with van der Waals surface area (Å²) < 4.78 is 0. The van der Waals surface area contributed by atoms with Crippen LogP contribution < -0.4 is 10.2 Å². The van der Waals surface area contributed by atoms with E-state index in [2.05, 4.69) is 41.3 Å². The van der Waals surface area contributed by atoms with E-state index in [4.69, 9.17) is 0 Å². The second-order valence-corrected chi connectivity index (χ2v) is 6.12. The average molecular weight is 259 g/mol. The molecule has 19 heavy (non-hydrogen) atoms. The standard InChI is InChI=1S/C16H25N3/c1-3-13-6-7-19(11-13)16-8-12(2)17-9-14(16)10-18-15-4-5-15/h8-9,13,15,18H,3-7,10-11H2,1-2H3. The Labute approximate surface area is 116 Å². The Morgan fingerprint density at radius 3 is 2.89 bits per heavy atom. The van der Waals surface area contributed by atoms with Crippen molar-refractivity contribution in [3.8, 4) is 0 Å². The van der Waals surface area contributed by atoms with Crippen LogP contribution in [-0.4, -0.2) is 24.1 Å².